The third kappa shape index (κ3) is 1.65. The summed E-state index contributed by atoms with van der Waals surface area (Å²) < 4.78 is 27.3. The Morgan fingerprint density at radius 1 is 1.31 bits per heavy atom. The molecule has 1 aromatic carbocycles. The van der Waals surface area contributed by atoms with Crippen LogP contribution in [0, 0.1) is 18.6 Å². The Hall–Kier alpha value is -1.22. The zero-order valence-electron chi connectivity index (χ0n) is 8.94. The molecule has 1 heterocycles. The first-order valence-electron chi connectivity index (χ1n) is 4.98. The topological polar surface area (TPSA) is 12.9 Å². The van der Waals surface area contributed by atoms with Gasteiger partial charge in [-0.25, -0.2) is 13.8 Å². The normalized spacial score (nSPS) is 11.1. The second-order valence-electron chi connectivity index (χ2n) is 3.68. The van der Waals surface area contributed by atoms with E-state index in [1.165, 1.54) is 6.92 Å². The van der Waals surface area contributed by atoms with Crippen LogP contribution in [0.2, 0.25) is 5.15 Å². The van der Waals surface area contributed by atoms with Crippen molar-refractivity contribution in [3.8, 4) is 0 Å². The highest BCUT2D eigenvalue weighted by Crippen LogP contribution is 2.27. The summed E-state index contributed by atoms with van der Waals surface area (Å²) in [6, 6.07) is 2.70. The summed E-state index contributed by atoms with van der Waals surface area (Å²) in [6.07, 6.45) is 0.636. The van der Waals surface area contributed by atoms with E-state index in [4.69, 9.17) is 11.6 Å². The molecule has 0 N–H and O–H groups in total. The minimum Gasteiger partial charge on any atom is -0.233 e. The number of pyridine rings is 1. The van der Waals surface area contributed by atoms with Crippen LogP contribution in [0.4, 0.5) is 8.78 Å². The van der Waals surface area contributed by atoms with Crippen LogP contribution < -0.4 is 0 Å². The lowest BCUT2D eigenvalue weighted by molar-refractivity contribution is 0.607. The number of rotatable bonds is 1. The van der Waals surface area contributed by atoms with E-state index in [0.717, 1.165) is 11.6 Å². The van der Waals surface area contributed by atoms with E-state index in [1.807, 2.05) is 6.92 Å². The average Bonchev–Trinajstić information content (AvgIpc) is 2.25. The Kier molecular flexibility index (Phi) is 2.80. The Morgan fingerprint density at radius 2 is 2.00 bits per heavy atom. The minimum atomic E-state index is -0.543. The molecule has 0 bridgehead atoms. The largest absolute Gasteiger partial charge is 0.233 e. The second kappa shape index (κ2) is 3.98. The molecule has 1 aromatic heterocycles. The van der Waals surface area contributed by atoms with E-state index in [1.54, 1.807) is 6.07 Å². The zero-order chi connectivity index (χ0) is 11.9. The lowest BCUT2D eigenvalue weighted by atomic mass is 10.1. The first kappa shape index (κ1) is 11.3. The number of halogens is 3. The summed E-state index contributed by atoms with van der Waals surface area (Å²) in [4.78, 5) is 3.90. The number of fused-ring (bicyclic) bond motifs is 1. The molecule has 2 rings (SSSR count). The van der Waals surface area contributed by atoms with E-state index in [0.29, 0.717) is 6.42 Å². The number of hydrogen-bond acceptors (Lipinski definition) is 1. The fraction of sp³-hybridized carbons (Fsp3) is 0.250. The Bertz CT molecular complexity index is 567. The van der Waals surface area contributed by atoms with Crippen LogP contribution in [-0.4, -0.2) is 4.98 Å². The van der Waals surface area contributed by atoms with Crippen LogP contribution in [-0.2, 0) is 6.42 Å². The van der Waals surface area contributed by atoms with Crippen LogP contribution in [0.25, 0.3) is 10.9 Å². The van der Waals surface area contributed by atoms with Gasteiger partial charge in [-0.2, -0.15) is 0 Å². The van der Waals surface area contributed by atoms with Gasteiger partial charge in [0.15, 0.2) is 0 Å². The summed E-state index contributed by atoms with van der Waals surface area (Å²) in [5, 5.41) is 0.427. The first-order valence-corrected chi connectivity index (χ1v) is 5.36. The maximum atomic E-state index is 13.8. The van der Waals surface area contributed by atoms with Gasteiger partial charge in [0.1, 0.15) is 22.3 Å². The van der Waals surface area contributed by atoms with Crippen molar-refractivity contribution in [1.82, 2.24) is 4.98 Å². The molecular weight excluding hydrogens is 232 g/mol. The van der Waals surface area contributed by atoms with Gasteiger partial charge >= 0.3 is 0 Å². The number of aromatic nitrogens is 1. The van der Waals surface area contributed by atoms with Crippen molar-refractivity contribution in [2.24, 2.45) is 0 Å². The van der Waals surface area contributed by atoms with Gasteiger partial charge in [0.2, 0.25) is 0 Å². The molecule has 0 aliphatic carbocycles. The highest BCUT2D eigenvalue weighted by Gasteiger charge is 2.13. The number of hydrogen-bond donors (Lipinski definition) is 0. The number of benzene rings is 1. The van der Waals surface area contributed by atoms with E-state index in [2.05, 4.69) is 4.98 Å². The van der Waals surface area contributed by atoms with Gasteiger partial charge in [-0.05, 0) is 36.6 Å². The average molecular weight is 242 g/mol. The Labute approximate surface area is 97.1 Å². The molecule has 16 heavy (non-hydrogen) atoms. The van der Waals surface area contributed by atoms with Gasteiger partial charge in [0, 0.05) is 5.39 Å². The third-order valence-corrected chi connectivity index (χ3v) is 2.91. The lowest BCUT2D eigenvalue weighted by Gasteiger charge is -2.07. The molecule has 2 aromatic rings. The van der Waals surface area contributed by atoms with Crippen molar-refractivity contribution >= 4 is 22.5 Å². The molecule has 4 heteroatoms. The van der Waals surface area contributed by atoms with Crippen LogP contribution >= 0.6 is 11.6 Å². The standard InChI is InChI=1S/C12H10ClF2N/c1-3-7-5-8-10(15)6(2)4-9(14)11(8)16-12(7)13/h4-5H,3H2,1-2H3. The minimum absolute atomic E-state index is 0.00898. The Morgan fingerprint density at radius 3 is 2.62 bits per heavy atom. The number of aryl methyl sites for hydroxylation is 2. The fourth-order valence-electron chi connectivity index (χ4n) is 1.66. The quantitative estimate of drug-likeness (QED) is 0.687. The van der Waals surface area contributed by atoms with Crippen LogP contribution in [0.15, 0.2) is 12.1 Å². The third-order valence-electron chi connectivity index (χ3n) is 2.58. The molecule has 0 radical (unpaired) electrons. The smallest absolute Gasteiger partial charge is 0.149 e. The maximum Gasteiger partial charge on any atom is 0.149 e. The van der Waals surface area contributed by atoms with Crippen LogP contribution in [0.5, 0.6) is 0 Å². The lowest BCUT2D eigenvalue weighted by Crippen LogP contribution is -1.95. The van der Waals surface area contributed by atoms with Gasteiger partial charge in [0.05, 0.1) is 0 Å². The van der Waals surface area contributed by atoms with Crippen molar-refractivity contribution in [1.29, 1.82) is 0 Å². The van der Waals surface area contributed by atoms with Gasteiger partial charge in [-0.15, -0.1) is 0 Å². The van der Waals surface area contributed by atoms with Gasteiger partial charge in [-0.1, -0.05) is 18.5 Å². The first-order chi connectivity index (χ1) is 7.54. The molecule has 0 atom stereocenters. The van der Waals surface area contributed by atoms with E-state index < -0.39 is 11.6 Å². The molecule has 1 nitrogen and oxygen atoms in total. The molecule has 0 amide bonds. The summed E-state index contributed by atoms with van der Waals surface area (Å²) in [6.45, 7) is 3.41. The van der Waals surface area contributed by atoms with Gasteiger partial charge < -0.3 is 0 Å². The second-order valence-corrected chi connectivity index (χ2v) is 4.04. The highest BCUT2D eigenvalue weighted by molar-refractivity contribution is 6.30. The molecule has 84 valence electrons. The van der Waals surface area contributed by atoms with Crippen LogP contribution in [0.3, 0.4) is 0 Å². The highest BCUT2D eigenvalue weighted by atomic mass is 35.5. The SMILES string of the molecule is CCc1cc2c(F)c(C)cc(F)c2nc1Cl. The molecule has 0 spiro atoms. The monoisotopic (exact) mass is 241 g/mol. The molecule has 0 saturated heterocycles. The zero-order valence-corrected chi connectivity index (χ0v) is 9.70. The summed E-state index contributed by atoms with van der Waals surface area (Å²) in [5.41, 5.74) is 0.986. The predicted molar refractivity (Wildman–Crippen MR) is 60.8 cm³/mol. The van der Waals surface area contributed by atoms with Crippen molar-refractivity contribution in [2.75, 3.05) is 0 Å². The summed E-state index contributed by atoms with van der Waals surface area (Å²) in [5.74, 6) is -0.978. The molecular formula is C12H10ClF2N. The molecule has 0 unspecified atom stereocenters. The molecule has 0 aliphatic rings. The van der Waals surface area contributed by atoms with E-state index >= 15 is 0 Å². The van der Waals surface area contributed by atoms with Crippen molar-refractivity contribution in [3.63, 3.8) is 0 Å². The van der Waals surface area contributed by atoms with E-state index in [-0.39, 0.29) is 21.6 Å². The molecule has 0 fully saturated rings. The molecule has 0 aliphatic heterocycles. The van der Waals surface area contributed by atoms with Crippen LogP contribution in [0.1, 0.15) is 18.1 Å². The van der Waals surface area contributed by atoms with Crippen molar-refractivity contribution in [3.05, 3.63) is 40.0 Å². The van der Waals surface area contributed by atoms with Crippen molar-refractivity contribution in [2.45, 2.75) is 20.3 Å². The fourth-order valence-corrected chi connectivity index (χ4v) is 1.94. The van der Waals surface area contributed by atoms with Gasteiger partial charge in [-0.3, -0.25) is 0 Å². The maximum absolute atomic E-state index is 13.8. The summed E-state index contributed by atoms with van der Waals surface area (Å²) >= 11 is 5.87. The number of nitrogens with zero attached hydrogens (tertiary/aromatic N) is 1. The summed E-state index contributed by atoms with van der Waals surface area (Å²) in [7, 11) is 0. The Balaban J connectivity index is 2.90. The van der Waals surface area contributed by atoms with Crippen molar-refractivity contribution < 1.29 is 8.78 Å². The van der Waals surface area contributed by atoms with Gasteiger partial charge in [0.25, 0.3) is 0 Å². The van der Waals surface area contributed by atoms with E-state index in [9.17, 15) is 8.78 Å². The molecule has 0 saturated carbocycles. The predicted octanol–water partition coefficient (Wildman–Crippen LogP) is 4.04.